The third kappa shape index (κ3) is 5.59. The number of benzene rings is 2. The van der Waals surface area contributed by atoms with Crippen molar-refractivity contribution in [1.82, 2.24) is 5.32 Å². The molecular formula is C18H17FN2O5. The van der Waals surface area contributed by atoms with Gasteiger partial charge in [0.1, 0.15) is 17.1 Å². The molecule has 0 aliphatic heterocycles. The maximum Gasteiger partial charge on any atom is 0.342 e. The van der Waals surface area contributed by atoms with E-state index in [1.165, 1.54) is 36.4 Å². The van der Waals surface area contributed by atoms with Crippen molar-refractivity contribution in [2.24, 2.45) is 0 Å². The van der Waals surface area contributed by atoms with Crippen molar-refractivity contribution in [3.63, 3.8) is 0 Å². The van der Waals surface area contributed by atoms with Crippen LogP contribution in [0.1, 0.15) is 15.9 Å². The zero-order valence-corrected chi connectivity index (χ0v) is 13.9. The molecule has 0 unspecified atom stereocenters. The molecule has 2 amide bonds. The molecule has 0 spiro atoms. The SMILES string of the molecule is Cc1ccc(O)c(C(=O)OCC(=O)NCC(=O)Nc2ccc(F)cc2)c1. The number of amides is 2. The van der Waals surface area contributed by atoms with E-state index in [0.29, 0.717) is 5.69 Å². The normalized spacial score (nSPS) is 10.1. The zero-order valence-electron chi connectivity index (χ0n) is 13.9. The topological polar surface area (TPSA) is 105 Å². The van der Waals surface area contributed by atoms with Crippen molar-refractivity contribution in [2.45, 2.75) is 6.92 Å². The first kappa shape index (κ1) is 18.9. The van der Waals surface area contributed by atoms with E-state index in [0.717, 1.165) is 5.56 Å². The molecule has 0 saturated heterocycles. The standard InChI is InChI=1S/C18H17FN2O5/c1-11-2-7-15(22)14(8-11)18(25)26-10-17(24)20-9-16(23)21-13-5-3-12(19)4-6-13/h2-8,22H,9-10H2,1H3,(H,20,24)(H,21,23). The Morgan fingerprint density at radius 2 is 1.77 bits per heavy atom. The summed E-state index contributed by atoms with van der Waals surface area (Å²) in [5.41, 5.74) is 1.08. The minimum Gasteiger partial charge on any atom is -0.507 e. The predicted octanol–water partition coefficient (Wildman–Crippen LogP) is 1.75. The summed E-state index contributed by atoms with van der Waals surface area (Å²) in [4.78, 5) is 35.2. The van der Waals surface area contributed by atoms with Gasteiger partial charge >= 0.3 is 5.97 Å². The van der Waals surface area contributed by atoms with E-state index in [4.69, 9.17) is 4.74 Å². The molecule has 3 N–H and O–H groups in total. The number of hydrogen-bond donors (Lipinski definition) is 3. The third-order valence-electron chi connectivity index (χ3n) is 3.28. The number of halogens is 1. The number of aryl methyl sites for hydroxylation is 1. The number of carbonyl (C=O) groups is 3. The molecule has 2 rings (SSSR count). The summed E-state index contributed by atoms with van der Waals surface area (Å²) in [5.74, 6) is -2.73. The molecule has 26 heavy (non-hydrogen) atoms. The van der Waals surface area contributed by atoms with E-state index < -0.39 is 30.2 Å². The fraction of sp³-hybridized carbons (Fsp3) is 0.167. The maximum atomic E-state index is 12.8. The van der Waals surface area contributed by atoms with Crippen LogP contribution in [0.2, 0.25) is 0 Å². The van der Waals surface area contributed by atoms with Gasteiger partial charge in [-0.2, -0.15) is 0 Å². The van der Waals surface area contributed by atoms with Crippen LogP contribution in [0.4, 0.5) is 10.1 Å². The predicted molar refractivity (Wildman–Crippen MR) is 91.2 cm³/mol. The molecule has 0 heterocycles. The maximum absolute atomic E-state index is 12.8. The Morgan fingerprint density at radius 1 is 1.08 bits per heavy atom. The molecule has 0 radical (unpaired) electrons. The summed E-state index contributed by atoms with van der Waals surface area (Å²) in [6.07, 6.45) is 0. The number of hydrogen-bond acceptors (Lipinski definition) is 5. The number of carbonyl (C=O) groups excluding carboxylic acids is 3. The van der Waals surface area contributed by atoms with Crippen LogP contribution >= 0.6 is 0 Å². The van der Waals surface area contributed by atoms with Gasteiger partial charge < -0.3 is 20.5 Å². The van der Waals surface area contributed by atoms with E-state index in [1.807, 2.05) is 0 Å². The Hall–Kier alpha value is -3.42. The molecule has 7 nitrogen and oxygen atoms in total. The lowest BCUT2D eigenvalue weighted by molar-refractivity contribution is -0.126. The fourth-order valence-corrected chi connectivity index (χ4v) is 1.99. The Balaban J connectivity index is 1.76. The molecule has 2 aromatic rings. The van der Waals surface area contributed by atoms with Crippen LogP contribution < -0.4 is 10.6 Å². The number of ether oxygens (including phenoxy) is 1. The summed E-state index contributed by atoms with van der Waals surface area (Å²) in [7, 11) is 0. The lowest BCUT2D eigenvalue weighted by Gasteiger charge is -2.08. The van der Waals surface area contributed by atoms with Gasteiger partial charge in [-0.15, -0.1) is 0 Å². The molecule has 0 atom stereocenters. The average Bonchev–Trinajstić information content (AvgIpc) is 2.62. The quantitative estimate of drug-likeness (QED) is 0.681. The second kappa shape index (κ2) is 8.61. The Labute approximate surface area is 148 Å². The summed E-state index contributed by atoms with van der Waals surface area (Å²) in [6.45, 7) is 0.794. The van der Waals surface area contributed by atoms with E-state index >= 15 is 0 Å². The van der Waals surface area contributed by atoms with Gasteiger partial charge in [-0.25, -0.2) is 9.18 Å². The van der Waals surface area contributed by atoms with Crippen LogP contribution in [0.15, 0.2) is 42.5 Å². The van der Waals surface area contributed by atoms with Gasteiger partial charge in [-0.1, -0.05) is 11.6 Å². The molecule has 0 aliphatic carbocycles. The number of esters is 1. The van der Waals surface area contributed by atoms with Crippen LogP contribution in [0.5, 0.6) is 5.75 Å². The molecule has 0 aliphatic rings. The van der Waals surface area contributed by atoms with Gasteiger partial charge in [0.25, 0.3) is 5.91 Å². The van der Waals surface area contributed by atoms with Crippen molar-refractivity contribution >= 4 is 23.5 Å². The zero-order chi connectivity index (χ0) is 19.1. The lowest BCUT2D eigenvalue weighted by atomic mass is 10.1. The summed E-state index contributed by atoms with van der Waals surface area (Å²) in [6, 6.07) is 9.55. The molecule has 0 fully saturated rings. The van der Waals surface area contributed by atoms with Crippen LogP contribution in [-0.4, -0.2) is 36.0 Å². The highest BCUT2D eigenvalue weighted by atomic mass is 19.1. The van der Waals surface area contributed by atoms with E-state index in [2.05, 4.69) is 10.6 Å². The highest BCUT2D eigenvalue weighted by Gasteiger charge is 2.15. The van der Waals surface area contributed by atoms with Crippen molar-refractivity contribution in [3.8, 4) is 5.75 Å². The largest absolute Gasteiger partial charge is 0.507 e. The number of rotatable bonds is 6. The first-order valence-corrected chi connectivity index (χ1v) is 7.64. The first-order chi connectivity index (χ1) is 12.3. The van der Waals surface area contributed by atoms with Crippen LogP contribution in [-0.2, 0) is 14.3 Å². The molecule has 136 valence electrons. The number of nitrogens with one attached hydrogen (secondary N) is 2. The molecular weight excluding hydrogens is 343 g/mol. The van der Waals surface area contributed by atoms with Crippen molar-refractivity contribution in [3.05, 3.63) is 59.4 Å². The minimum absolute atomic E-state index is 0.0492. The molecule has 8 heteroatoms. The second-order valence-electron chi connectivity index (χ2n) is 5.43. The number of phenolic OH excluding ortho intramolecular Hbond substituents is 1. The van der Waals surface area contributed by atoms with E-state index in [1.54, 1.807) is 13.0 Å². The Morgan fingerprint density at radius 3 is 2.46 bits per heavy atom. The first-order valence-electron chi connectivity index (χ1n) is 7.64. The van der Waals surface area contributed by atoms with Crippen molar-refractivity contribution in [1.29, 1.82) is 0 Å². The monoisotopic (exact) mass is 360 g/mol. The molecule has 2 aromatic carbocycles. The van der Waals surface area contributed by atoms with Gasteiger partial charge in [-0.05, 0) is 43.3 Å². The Kier molecular flexibility index (Phi) is 6.26. The summed E-state index contributed by atoms with van der Waals surface area (Å²) >= 11 is 0. The third-order valence-corrected chi connectivity index (χ3v) is 3.28. The molecule has 0 aromatic heterocycles. The van der Waals surface area contributed by atoms with Gasteiger partial charge in [0.15, 0.2) is 6.61 Å². The van der Waals surface area contributed by atoms with Gasteiger partial charge in [0.2, 0.25) is 5.91 Å². The highest BCUT2D eigenvalue weighted by Crippen LogP contribution is 2.18. The highest BCUT2D eigenvalue weighted by molar-refractivity contribution is 5.96. The Bertz CT molecular complexity index is 821. The van der Waals surface area contributed by atoms with Crippen molar-refractivity contribution < 1.29 is 28.6 Å². The average molecular weight is 360 g/mol. The summed E-state index contributed by atoms with van der Waals surface area (Å²) in [5, 5.41) is 14.4. The number of aromatic hydroxyl groups is 1. The number of anilines is 1. The fourth-order valence-electron chi connectivity index (χ4n) is 1.99. The minimum atomic E-state index is -0.850. The smallest absolute Gasteiger partial charge is 0.342 e. The summed E-state index contributed by atoms with van der Waals surface area (Å²) < 4.78 is 17.6. The van der Waals surface area contributed by atoms with Crippen LogP contribution in [0, 0.1) is 12.7 Å². The lowest BCUT2D eigenvalue weighted by Crippen LogP contribution is -2.35. The molecule has 0 bridgehead atoms. The van der Waals surface area contributed by atoms with Crippen LogP contribution in [0.25, 0.3) is 0 Å². The van der Waals surface area contributed by atoms with Gasteiger partial charge in [0.05, 0.1) is 6.54 Å². The van der Waals surface area contributed by atoms with E-state index in [9.17, 15) is 23.9 Å². The second-order valence-corrected chi connectivity index (χ2v) is 5.43. The van der Waals surface area contributed by atoms with Gasteiger partial charge in [-0.3, -0.25) is 9.59 Å². The van der Waals surface area contributed by atoms with Gasteiger partial charge in [0, 0.05) is 5.69 Å². The van der Waals surface area contributed by atoms with Crippen molar-refractivity contribution in [2.75, 3.05) is 18.5 Å². The van der Waals surface area contributed by atoms with Crippen LogP contribution in [0.3, 0.4) is 0 Å². The van der Waals surface area contributed by atoms with E-state index in [-0.39, 0.29) is 17.9 Å². The molecule has 0 saturated carbocycles. The number of phenols is 1.